The molecule has 0 aliphatic heterocycles. The van der Waals surface area contributed by atoms with Crippen molar-refractivity contribution in [2.24, 2.45) is 10.1 Å². The predicted molar refractivity (Wildman–Crippen MR) is 117 cm³/mol. The van der Waals surface area contributed by atoms with Crippen LogP contribution < -0.4 is 10.2 Å². The zero-order valence-electron chi connectivity index (χ0n) is 16.5. The van der Waals surface area contributed by atoms with Crippen molar-refractivity contribution in [3.8, 4) is 5.88 Å². The van der Waals surface area contributed by atoms with E-state index >= 15 is 0 Å². The van der Waals surface area contributed by atoms with Crippen LogP contribution in [0.15, 0.2) is 26.8 Å². The summed E-state index contributed by atoms with van der Waals surface area (Å²) >= 11 is 11.0. The molecule has 28 heavy (non-hydrogen) atoms. The second-order valence-corrected chi connectivity index (χ2v) is 7.58. The van der Waals surface area contributed by atoms with Gasteiger partial charge in [-0.2, -0.15) is 0 Å². The molecular formula is C19H25BCl2N4O2. The quantitative estimate of drug-likeness (QED) is 0.210. The standard InChI is InChI=1S/C19H25BCl2N4O2/c1-4-26(3)12-23-17-11-16(20)19(24-13(17)2)28-15-7-5-14(6-8-15)25-27-10-9-18(21)22/h9,11-12,15H,4-8,10H2,1-3H3. The highest BCUT2D eigenvalue weighted by atomic mass is 35.5. The van der Waals surface area contributed by atoms with Gasteiger partial charge in [-0.15, -0.1) is 0 Å². The van der Waals surface area contributed by atoms with Crippen molar-refractivity contribution in [3.05, 3.63) is 22.3 Å². The lowest BCUT2D eigenvalue weighted by molar-refractivity contribution is 0.157. The Morgan fingerprint density at radius 3 is 2.75 bits per heavy atom. The SMILES string of the molecule is [B]c1cc(N=CN(C)CC)c(C)nc1OC1CCC(=NOCC=C(Cl)Cl)CC1. The van der Waals surface area contributed by atoms with Gasteiger partial charge in [0.25, 0.3) is 0 Å². The Labute approximate surface area is 178 Å². The number of ether oxygens (including phenoxy) is 1. The first-order valence-corrected chi connectivity index (χ1v) is 10.0. The molecule has 1 aliphatic carbocycles. The summed E-state index contributed by atoms with van der Waals surface area (Å²) in [6, 6.07) is 1.80. The van der Waals surface area contributed by atoms with Crippen molar-refractivity contribution in [2.45, 2.75) is 45.6 Å². The number of oxime groups is 1. The Hall–Kier alpha value is -1.73. The highest BCUT2D eigenvalue weighted by Crippen LogP contribution is 2.23. The number of halogens is 2. The Morgan fingerprint density at radius 1 is 1.39 bits per heavy atom. The van der Waals surface area contributed by atoms with E-state index in [0.717, 1.165) is 49.3 Å². The van der Waals surface area contributed by atoms with E-state index in [1.165, 1.54) is 0 Å². The number of pyridine rings is 1. The summed E-state index contributed by atoms with van der Waals surface area (Å²) in [5, 5.41) is 4.12. The number of hydrogen-bond acceptors (Lipinski definition) is 5. The molecule has 0 bridgehead atoms. The fourth-order valence-corrected chi connectivity index (χ4v) is 2.70. The van der Waals surface area contributed by atoms with E-state index in [2.05, 4.69) is 22.1 Å². The van der Waals surface area contributed by atoms with E-state index in [9.17, 15) is 0 Å². The molecule has 1 saturated carbocycles. The Kier molecular flexibility index (Phi) is 9.12. The van der Waals surface area contributed by atoms with Gasteiger partial charge in [-0.1, -0.05) is 28.4 Å². The molecule has 0 amide bonds. The van der Waals surface area contributed by atoms with E-state index in [-0.39, 0.29) is 17.2 Å². The fraction of sp³-hybridized carbons (Fsp3) is 0.526. The molecule has 6 nitrogen and oxygen atoms in total. The first-order valence-electron chi connectivity index (χ1n) is 9.26. The lowest BCUT2D eigenvalue weighted by Gasteiger charge is -2.24. The van der Waals surface area contributed by atoms with Crippen LogP contribution in [0.5, 0.6) is 5.88 Å². The third-order valence-electron chi connectivity index (χ3n) is 4.37. The van der Waals surface area contributed by atoms with Crippen LogP contribution in [0, 0.1) is 6.92 Å². The maximum absolute atomic E-state index is 6.13. The third kappa shape index (κ3) is 7.36. The minimum absolute atomic E-state index is 0.0471. The van der Waals surface area contributed by atoms with Crippen molar-refractivity contribution < 1.29 is 9.57 Å². The van der Waals surface area contributed by atoms with Gasteiger partial charge >= 0.3 is 0 Å². The molecule has 0 aromatic carbocycles. The van der Waals surface area contributed by atoms with Crippen molar-refractivity contribution in [2.75, 3.05) is 20.2 Å². The van der Waals surface area contributed by atoms with Gasteiger partial charge in [-0.05, 0) is 57.1 Å². The van der Waals surface area contributed by atoms with E-state index < -0.39 is 0 Å². The van der Waals surface area contributed by atoms with E-state index in [1.54, 1.807) is 18.5 Å². The average Bonchev–Trinajstić information content (AvgIpc) is 2.67. The minimum atomic E-state index is 0.0471. The van der Waals surface area contributed by atoms with Crippen LogP contribution in [-0.2, 0) is 4.84 Å². The first kappa shape index (κ1) is 22.6. The zero-order chi connectivity index (χ0) is 20.5. The molecule has 0 spiro atoms. The molecule has 0 saturated heterocycles. The maximum atomic E-state index is 6.13. The number of aliphatic imine (C=N–C) groups is 1. The molecule has 1 aromatic rings. The number of hydrogen-bond donors (Lipinski definition) is 0. The fourth-order valence-electron chi connectivity index (χ4n) is 2.58. The molecular weight excluding hydrogens is 398 g/mol. The summed E-state index contributed by atoms with van der Waals surface area (Å²) in [7, 11) is 8.09. The predicted octanol–water partition coefficient (Wildman–Crippen LogP) is 3.81. The van der Waals surface area contributed by atoms with E-state index in [0.29, 0.717) is 11.3 Å². The molecule has 1 heterocycles. The molecule has 2 rings (SSSR count). The van der Waals surface area contributed by atoms with Crippen LogP contribution in [0.4, 0.5) is 5.69 Å². The molecule has 1 fully saturated rings. The summed E-state index contributed by atoms with van der Waals surface area (Å²) in [4.78, 5) is 16.1. The van der Waals surface area contributed by atoms with Gasteiger partial charge in [-0.25, -0.2) is 9.98 Å². The largest absolute Gasteiger partial charge is 0.475 e. The monoisotopic (exact) mass is 422 g/mol. The molecule has 0 atom stereocenters. The summed E-state index contributed by atoms with van der Waals surface area (Å²) in [5.74, 6) is 0.462. The van der Waals surface area contributed by atoms with Crippen LogP contribution in [0.25, 0.3) is 0 Å². The summed E-state index contributed by atoms with van der Waals surface area (Å²) in [6.45, 7) is 5.09. The Bertz CT molecular complexity index is 742. The van der Waals surface area contributed by atoms with Crippen molar-refractivity contribution >= 4 is 54.2 Å². The second-order valence-electron chi connectivity index (χ2n) is 6.57. The van der Waals surface area contributed by atoms with Gasteiger partial charge in [0.2, 0.25) is 5.88 Å². The topological polar surface area (TPSA) is 59.3 Å². The zero-order valence-corrected chi connectivity index (χ0v) is 18.0. The van der Waals surface area contributed by atoms with Crippen LogP contribution in [-0.4, -0.2) is 56.1 Å². The van der Waals surface area contributed by atoms with Gasteiger partial charge in [0.15, 0.2) is 0 Å². The maximum Gasteiger partial charge on any atom is 0.206 e. The molecule has 1 aromatic heterocycles. The lowest BCUT2D eigenvalue weighted by Crippen LogP contribution is -2.27. The summed E-state index contributed by atoms with van der Waals surface area (Å²) in [5.41, 5.74) is 3.01. The molecule has 2 radical (unpaired) electrons. The van der Waals surface area contributed by atoms with E-state index in [1.807, 2.05) is 18.9 Å². The van der Waals surface area contributed by atoms with Crippen molar-refractivity contribution in [1.82, 2.24) is 9.88 Å². The Morgan fingerprint density at radius 2 is 2.11 bits per heavy atom. The lowest BCUT2D eigenvalue weighted by atomic mass is 9.94. The molecule has 1 aliphatic rings. The van der Waals surface area contributed by atoms with Gasteiger partial charge in [0, 0.05) is 13.6 Å². The molecule has 0 unspecified atom stereocenters. The summed E-state index contributed by atoms with van der Waals surface area (Å²) in [6.07, 6.45) is 6.62. The molecule has 9 heteroatoms. The number of aryl methyl sites for hydroxylation is 1. The van der Waals surface area contributed by atoms with E-state index in [4.69, 9.17) is 40.6 Å². The molecule has 150 valence electrons. The van der Waals surface area contributed by atoms with Crippen molar-refractivity contribution in [1.29, 1.82) is 0 Å². The summed E-state index contributed by atoms with van der Waals surface area (Å²) < 4.78 is 6.21. The number of nitrogens with zero attached hydrogens (tertiary/aromatic N) is 4. The molecule has 0 N–H and O–H groups in total. The van der Waals surface area contributed by atoms with Crippen LogP contribution in [0.2, 0.25) is 0 Å². The minimum Gasteiger partial charge on any atom is -0.475 e. The van der Waals surface area contributed by atoms with Crippen LogP contribution in [0.1, 0.15) is 38.3 Å². The van der Waals surface area contributed by atoms with Gasteiger partial charge < -0.3 is 14.5 Å². The second kappa shape index (κ2) is 11.3. The number of rotatable bonds is 8. The van der Waals surface area contributed by atoms with Gasteiger partial charge in [-0.3, -0.25) is 0 Å². The van der Waals surface area contributed by atoms with Crippen LogP contribution >= 0.6 is 23.2 Å². The highest BCUT2D eigenvalue weighted by Gasteiger charge is 2.21. The van der Waals surface area contributed by atoms with Crippen molar-refractivity contribution in [3.63, 3.8) is 0 Å². The van der Waals surface area contributed by atoms with Crippen LogP contribution in [0.3, 0.4) is 0 Å². The van der Waals surface area contributed by atoms with Gasteiger partial charge in [0.1, 0.15) is 25.0 Å². The highest BCUT2D eigenvalue weighted by molar-refractivity contribution is 6.55. The van der Waals surface area contributed by atoms with Gasteiger partial charge in [0.05, 0.1) is 23.4 Å². The third-order valence-corrected chi connectivity index (χ3v) is 4.67. The Balaban J connectivity index is 1.91. The average molecular weight is 423 g/mol. The number of aromatic nitrogens is 1. The normalized spacial score (nSPS) is 16.8. The smallest absolute Gasteiger partial charge is 0.206 e. The first-order chi connectivity index (χ1) is 13.4.